The number of hydrogen-bond acceptors (Lipinski definition) is 3. The van der Waals surface area contributed by atoms with Gasteiger partial charge in [-0.05, 0) is 49.2 Å². The van der Waals surface area contributed by atoms with Crippen LogP contribution in [0.5, 0.6) is 5.75 Å². The highest BCUT2D eigenvalue weighted by Gasteiger charge is 2.24. The van der Waals surface area contributed by atoms with E-state index >= 15 is 0 Å². The molecule has 2 N–H and O–H groups in total. The second-order valence-corrected chi connectivity index (χ2v) is 5.55. The molecule has 1 aliphatic rings. The van der Waals surface area contributed by atoms with Gasteiger partial charge in [0.05, 0.1) is 7.11 Å². The summed E-state index contributed by atoms with van der Waals surface area (Å²) in [7, 11) is 1.65. The maximum atomic E-state index is 11.9. The third-order valence-corrected chi connectivity index (χ3v) is 3.99. The van der Waals surface area contributed by atoms with Crippen molar-refractivity contribution in [1.82, 2.24) is 0 Å². The van der Waals surface area contributed by atoms with E-state index in [2.05, 4.69) is 10.6 Å². The molecule has 0 saturated heterocycles. The van der Waals surface area contributed by atoms with Crippen LogP contribution in [0.3, 0.4) is 0 Å². The van der Waals surface area contributed by atoms with Crippen LogP contribution in [0.25, 0.3) is 0 Å². The Morgan fingerprint density at radius 2 is 1.77 bits per heavy atom. The topological polar surface area (TPSA) is 50.4 Å². The third kappa shape index (κ3) is 3.39. The molecule has 0 aliphatic heterocycles. The van der Waals surface area contributed by atoms with Gasteiger partial charge in [-0.25, -0.2) is 0 Å². The number of ether oxygens (including phenoxy) is 1. The van der Waals surface area contributed by atoms with Crippen LogP contribution in [0.2, 0.25) is 0 Å². The number of nitrogens with one attached hydrogen (secondary N) is 2. The number of anilines is 3. The first kappa shape index (κ1) is 14.4. The van der Waals surface area contributed by atoms with E-state index in [1.54, 1.807) is 7.11 Å². The number of rotatable bonds is 5. The second kappa shape index (κ2) is 6.52. The SMILES string of the molecule is COc1cccc(Nc2ccc(NC(=O)C3CCC3)cc2)c1. The number of carbonyl (C=O) groups excluding carboxylic acids is 1. The standard InChI is InChI=1S/C18H20N2O2/c1-22-17-7-3-6-16(12-17)19-14-8-10-15(11-9-14)20-18(21)13-4-2-5-13/h3,6-13,19H,2,4-5H2,1H3,(H,20,21). The van der Waals surface area contributed by atoms with E-state index in [-0.39, 0.29) is 11.8 Å². The van der Waals surface area contributed by atoms with Crippen LogP contribution in [0.4, 0.5) is 17.1 Å². The summed E-state index contributed by atoms with van der Waals surface area (Å²) in [6, 6.07) is 15.5. The maximum Gasteiger partial charge on any atom is 0.227 e. The summed E-state index contributed by atoms with van der Waals surface area (Å²) in [5.74, 6) is 1.16. The Bertz CT molecular complexity index is 648. The van der Waals surface area contributed by atoms with Crippen molar-refractivity contribution in [3.05, 3.63) is 48.5 Å². The molecule has 4 heteroatoms. The largest absolute Gasteiger partial charge is 0.497 e. The van der Waals surface area contributed by atoms with Crippen LogP contribution in [-0.2, 0) is 4.79 Å². The normalized spacial score (nSPS) is 14.0. The second-order valence-electron chi connectivity index (χ2n) is 5.55. The highest BCUT2D eigenvalue weighted by molar-refractivity contribution is 5.93. The van der Waals surface area contributed by atoms with Crippen molar-refractivity contribution in [2.75, 3.05) is 17.7 Å². The summed E-state index contributed by atoms with van der Waals surface area (Å²) in [4.78, 5) is 11.9. The average molecular weight is 296 g/mol. The minimum Gasteiger partial charge on any atom is -0.497 e. The van der Waals surface area contributed by atoms with Crippen LogP contribution in [0, 0.1) is 5.92 Å². The van der Waals surface area contributed by atoms with Gasteiger partial charge in [-0.1, -0.05) is 12.5 Å². The molecule has 0 unspecified atom stereocenters. The number of carbonyl (C=O) groups is 1. The van der Waals surface area contributed by atoms with Crippen LogP contribution in [-0.4, -0.2) is 13.0 Å². The zero-order valence-electron chi connectivity index (χ0n) is 12.6. The molecule has 4 nitrogen and oxygen atoms in total. The van der Waals surface area contributed by atoms with Crippen molar-refractivity contribution < 1.29 is 9.53 Å². The maximum absolute atomic E-state index is 11.9. The fraction of sp³-hybridized carbons (Fsp3) is 0.278. The van der Waals surface area contributed by atoms with Gasteiger partial charge in [-0.2, -0.15) is 0 Å². The van der Waals surface area contributed by atoms with Gasteiger partial charge in [-0.3, -0.25) is 4.79 Å². The quantitative estimate of drug-likeness (QED) is 0.870. The highest BCUT2D eigenvalue weighted by Crippen LogP contribution is 2.28. The van der Waals surface area contributed by atoms with Gasteiger partial charge < -0.3 is 15.4 Å². The molecule has 22 heavy (non-hydrogen) atoms. The molecule has 2 aromatic carbocycles. The molecule has 0 atom stereocenters. The smallest absolute Gasteiger partial charge is 0.227 e. The van der Waals surface area contributed by atoms with Crippen molar-refractivity contribution in [3.8, 4) is 5.75 Å². The molecule has 0 aromatic heterocycles. The Balaban J connectivity index is 1.62. The molecule has 0 bridgehead atoms. The number of hydrogen-bond donors (Lipinski definition) is 2. The lowest BCUT2D eigenvalue weighted by Gasteiger charge is -2.24. The van der Waals surface area contributed by atoms with Crippen molar-refractivity contribution in [2.24, 2.45) is 5.92 Å². The molecule has 1 saturated carbocycles. The molecule has 1 fully saturated rings. The van der Waals surface area contributed by atoms with Crippen molar-refractivity contribution in [3.63, 3.8) is 0 Å². The van der Waals surface area contributed by atoms with Gasteiger partial charge in [0.25, 0.3) is 0 Å². The summed E-state index contributed by atoms with van der Waals surface area (Å²) in [6.45, 7) is 0. The minimum absolute atomic E-state index is 0.139. The van der Waals surface area contributed by atoms with Crippen molar-refractivity contribution in [1.29, 1.82) is 0 Å². The summed E-state index contributed by atoms with van der Waals surface area (Å²) in [5, 5.41) is 6.28. The molecule has 0 heterocycles. The van der Waals surface area contributed by atoms with Crippen LogP contribution in [0.1, 0.15) is 19.3 Å². The lowest BCUT2D eigenvalue weighted by atomic mass is 9.85. The molecular weight excluding hydrogens is 276 g/mol. The zero-order valence-corrected chi connectivity index (χ0v) is 12.6. The van der Waals surface area contributed by atoms with Crippen LogP contribution in [0.15, 0.2) is 48.5 Å². The molecule has 0 radical (unpaired) electrons. The predicted molar refractivity (Wildman–Crippen MR) is 88.7 cm³/mol. The summed E-state index contributed by atoms with van der Waals surface area (Å²) < 4.78 is 5.21. The average Bonchev–Trinajstić information content (AvgIpc) is 2.48. The highest BCUT2D eigenvalue weighted by atomic mass is 16.5. The molecule has 1 aliphatic carbocycles. The summed E-state index contributed by atoms with van der Waals surface area (Å²) >= 11 is 0. The predicted octanol–water partition coefficient (Wildman–Crippen LogP) is 4.18. The van der Waals surface area contributed by atoms with Gasteiger partial charge in [0, 0.05) is 29.0 Å². The van der Waals surface area contributed by atoms with E-state index in [4.69, 9.17) is 4.74 Å². The Morgan fingerprint density at radius 1 is 1.05 bits per heavy atom. The fourth-order valence-corrected chi connectivity index (χ4v) is 2.42. The molecule has 1 amide bonds. The Morgan fingerprint density at radius 3 is 2.41 bits per heavy atom. The monoisotopic (exact) mass is 296 g/mol. The Hall–Kier alpha value is -2.49. The number of amides is 1. The molecule has 114 valence electrons. The van der Waals surface area contributed by atoms with Gasteiger partial charge >= 0.3 is 0 Å². The van der Waals surface area contributed by atoms with E-state index in [1.165, 1.54) is 6.42 Å². The van der Waals surface area contributed by atoms with Gasteiger partial charge in [-0.15, -0.1) is 0 Å². The first-order valence-corrected chi connectivity index (χ1v) is 7.56. The number of methoxy groups -OCH3 is 1. The van der Waals surface area contributed by atoms with Crippen molar-refractivity contribution in [2.45, 2.75) is 19.3 Å². The zero-order chi connectivity index (χ0) is 15.4. The van der Waals surface area contributed by atoms with Crippen molar-refractivity contribution >= 4 is 23.0 Å². The molecule has 0 spiro atoms. The number of benzene rings is 2. The third-order valence-electron chi connectivity index (χ3n) is 3.99. The summed E-state index contributed by atoms with van der Waals surface area (Å²) in [6.07, 6.45) is 3.20. The fourth-order valence-electron chi connectivity index (χ4n) is 2.42. The van der Waals surface area contributed by atoms with Gasteiger partial charge in [0.1, 0.15) is 5.75 Å². The van der Waals surface area contributed by atoms with E-state index in [9.17, 15) is 4.79 Å². The van der Waals surface area contributed by atoms with Gasteiger partial charge in [0.2, 0.25) is 5.91 Å². The van der Waals surface area contributed by atoms with E-state index in [0.717, 1.165) is 35.7 Å². The Labute approximate surface area is 130 Å². The van der Waals surface area contributed by atoms with E-state index in [0.29, 0.717) is 0 Å². The first-order valence-electron chi connectivity index (χ1n) is 7.56. The molecule has 2 aromatic rings. The van der Waals surface area contributed by atoms with Gasteiger partial charge in [0.15, 0.2) is 0 Å². The lowest BCUT2D eigenvalue weighted by Crippen LogP contribution is -2.27. The van der Waals surface area contributed by atoms with E-state index < -0.39 is 0 Å². The minimum atomic E-state index is 0.139. The summed E-state index contributed by atoms with van der Waals surface area (Å²) in [5.41, 5.74) is 2.77. The first-order chi connectivity index (χ1) is 10.7. The van der Waals surface area contributed by atoms with Crippen LogP contribution < -0.4 is 15.4 Å². The lowest BCUT2D eigenvalue weighted by molar-refractivity contribution is -0.122. The van der Waals surface area contributed by atoms with Crippen LogP contribution >= 0.6 is 0 Å². The van der Waals surface area contributed by atoms with E-state index in [1.807, 2.05) is 48.5 Å². The molecular formula is C18H20N2O2. The molecule has 3 rings (SSSR count). The Kier molecular flexibility index (Phi) is 4.28.